The van der Waals surface area contributed by atoms with E-state index < -0.39 is 0 Å². The molecule has 1 atom stereocenters. The molecule has 4 heteroatoms. The number of aryl methyl sites for hydroxylation is 1. The van der Waals surface area contributed by atoms with Gasteiger partial charge in [-0.25, -0.2) is 0 Å². The molecule has 1 aliphatic carbocycles. The maximum atomic E-state index is 6.33. The average Bonchev–Trinajstić information content (AvgIpc) is 2.90. The number of rotatable bonds is 3. The third-order valence-corrected chi connectivity index (χ3v) is 5.14. The van der Waals surface area contributed by atoms with Crippen LogP contribution in [0.3, 0.4) is 0 Å². The lowest BCUT2D eigenvalue weighted by atomic mass is 9.89. The molecule has 2 aliphatic rings. The molecule has 0 spiro atoms. The molecule has 2 aromatic rings. The molecule has 1 aromatic carbocycles. The highest BCUT2D eigenvalue weighted by atomic mass is 16.5. The largest absolute Gasteiger partial charge is 0.489 e. The fourth-order valence-electron chi connectivity index (χ4n) is 3.59. The molecule has 1 unspecified atom stereocenters. The van der Waals surface area contributed by atoms with Crippen molar-refractivity contribution < 1.29 is 4.74 Å². The Hall–Kier alpha value is -1.55. The van der Waals surface area contributed by atoms with Gasteiger partial charge in [0.1, 0.15) is 11.9 Å². The zero-order valence-electron chi connectivity index (χ0n) is 12.6. The van der Waals surface area contributed by atoms with Crippen LogP contribution in [0.2, 0.25) is 0 Å². The molecule has 2 heterocycles. The van der Waals surface area contributed by atoms with Gasteiger partial charge in [-0.05, 0) is 51.3 Å². The third-order valence-electron chi connectivity index (χ3n) is 5.14. The van der Waals surface area contributed by atoms with Gasteiger partial charge in [0.05, 0.1) is 11.7 Å². The van der Waals surface area contributed by atoms with Crippen molar-refractivity contribution in [3.63, 3.8) is 0 Å². The molecule has 0 amide bonds. The minimum absolute atomic E-state index is 0.336. The zero-order chi connectivity index (χ0) is 14.2. The number of likely N-dealkylation sites (tertiary alicyclic amines) is 1. The summed E-state index contributed by atoms with van der Waals surface area (Å²) in [5, 5.41) is 8.30. The van der Waals surface area contributed by atoms with Gasteiger partial charge in [-0.2, -0.15) is 5.10 Å². The number of ether oxygens (including phenoxy) is 1. The van der Waals surface area contributed by atoms with Crippen LogP contribution in [-0.4, -0.2) is 40.3 Å². The highest BCUT2D eigenvalue weighted by Gasteiger charge is 2.30. The Bertz CT molecular complexity index is 632. The van der Waals surface area contributed by atoms with Gasteiger partial charge < -0.3 is 4.74 Å². The van der Waals surface area contributed by atoms with Crippen LogP contribution in [0.25, 0.3) is 10.9 Å². The second-order valence-corrected chi connectivity index (χ2v) is 6.48. The Balaban J connectivity index is 1.49. The van der Waals surface area contributed by atoms with E-state index in [4.69, 9.17) is 4.74 Å². The fourth-order valence-corrected chi connectivity index (χ4v) is 3.59. The number of nitrogens with one attached hydrogen (secondary N) is 1. The smallest absolute Gasteiger partial charge is 0.123 e. The van der Waals surface area contributed by atoms with E-state index in [1.54, 1.807) is 0 Å². The van der Waals surface area contributed by atoms with Crippen LogP contribution in [0.1, 0.15) is 37.7 Å². The Kier molecular flexibility index (Phi) is 3.34. The summed E-state index contributed by atoms with van der Waals surface area (Å²) in [6, 6.07) is 4.98. The van der Waals surface area contributed by atoms with Crippen LogP contribution in [0, 0.1) is 6.92 Å². The minimum Gasteiger partial charge on any atom is -0.489 e. The van der Waals surface area contributed by atoms with Crippen molar-refractivity contribution in [2.45, 2.75) is 51.2 Å². The third kappa shape index (κ3) is 2.42. The molecule has 0 bridgehead atoms. The van der Waals surface area contributed by atoms with E-state index in [1.807, 2.05) is 6.20 Å². The number of benzene rings is 1. The Morgan fingerprint density at radius 2 is 2.14 bits per heavy atom. The van der Waals surface area contributed by atoms with E-state index in [1.165, 1.54) is 49.6 Å². The molecule has 1 aromatic heterocycles. The van der Waals surface area contributed by atoms with Crippen LogP contribution in [0.5, 0.6) is 5.75 Å². The van der Waals surface area contributed by atoms with Crippen LogP contribution in [0.15, 0.2) is 18.3 Å². The van der Waals surface area contributed by atoms with Crippen molar-refractivity contribution >= 4 is 10.9 Å². The summed E-state index contributed by atoms with van der Waals surface area (Å²) >= 11 is 0. The summed E-state index contributed by atoms with van der Waals surface area (Å²) < 4.78 is 6.33. The molecule has 2 fully saturated rings. The predicted molar refractivity (Wildman–Crippen MR) is 83.7 cm³/mol. The second-order valence-electron chi connectivity index (χ2n) is 6.48. The quantitative estimate of drug-likeness (QED) is 0.941. The molecule has 0 radical (unpaired) electrons. The second kappa shape index (κ2) is 5.34. The number of hydrogen-bond acceptors (Lipinski definition) is 3. The summed E-state index contributed by atoms with van der Waals surface area (Å²) in [5.74, 6) is 1.02. The first kappa shape index (κ1) is 13.1. The normalized spacial score (nSPS) is 24.1. The van der Waals surface area contributed by atoms with E-state index in [-0.39, 0.29) is 0 Å². The van der Waals surface area contributed by atoms with Crippen molar-refractivity contribution in [1.29, 1.82) is 0 Å². The lowest BCUT2D eigenvalue weighted by Crippen LogP contribution is -2.49. The van der Waals surface area contributed by atoms with Crippen LogP contribution < -0.4 is 4.74 Å². The topological polar surface area (TPSA) is 41.1 Å². The zero-order valence-corrected chi connectivity index (χ0v) is 12.6. The summed E-state index contributed by atoms with van der Waals surface area (Å²) in [5.41, 5.74) is 2.28. The Morgan fingerprint density at radius 1 is 1.24 bits per heavy atom. The molecule has 1 saturated heterocycles. The number of aromatic amines is 1. The van der Waals surface area contributed by atoms with Gasteiger partial charge in [0.15, 0.2) is 0 Å². The van der Waals surface area contributed by atoms with Crippen molar-refractivity contribution in [2.24, 2.45) is 0 Å². The van der Waals surface area contributed by atoms with Gasteiger partial charge in [0, 0.05) is 23.5 Å². The molecule has 1 aliphatic heterocycles. The van der Waals surface area contributed by atoms with Gasteiger partial charge >= 0.3 is 0 Å². The number of nitrogens with zero attached hydrogens (tertiary/aromatic N) is 2. The lowest BCUT2D eigenvalue weighted by Gasteiger charge is -2.42. The maximum Gasteiger partial charge on any atom is 0.123 e. The van der Waals surface area contributed by atoms with Crippen molar-refractivity contribution in [2.75, 3.05) is 13.1 Å². The molecule has 4 rings (SSSR count). The van der Waals surface area contributed by atoms with Crippen LogP contribution in [-0.2, 0) is 0 Å². The van der Waals surface area contributed by atoms with Gasteiger partial charge in [-0.15, -0.1) is 0 Å². The summed E-state index contributed by atoms with van der Waals surface area (Å²) in [6.07, 6.45) is 8.82. The van der Waals surface area contributed by atoms with E-state index in [0.29, 0.717) is 6.10 Å². The first-order valence-electron chi connectivity index (χ1n) is 8.14. The summed E-state index contributed by atoms with van der Waals surface area (Å²) in [6.45, 7) is 4.47. The van der Waals surface area contributed by atoms with Gasteiger partial charge in [-0.1, -0.05) is 6.42 Å². The van der Waals surface area contributed by atoms with Gasteiger partial charge in [0.2, 0.25) is 0 Å². The molecule has 21 heavy (non-hydrogen) atoms. The molecule has 1 saturated carbocycles. The standard InChI is InChI=1S/C17H23N3O/c1-12-15-10-18-19-16(15)7-8-17(12)21-14-6-3-9-20(11-14)13-4-2-5-13/h7-8,10,13-14H,2-6,9,11H2,1H3,(H,18,19). The summed E-state index contributed by atoms with van der Waals surface area (Å²) in [4.78, 5) is 2.64. The number of piperidine rings is 1. The Morgan fingerprint density at radius 3 is 2.95 bits per heavy atom. The SMILES string of the molecule is Cc1c(OC2CCCN(C3CCC3)C2)ccc2[nH]ncc12. The van der Waals surface area contributed by atoms with E-state index in [9.17, 15) is 0 Å². The fraction of sp³-hybridized carbons (Fsp3) is 0.588. The minimum atomic E-state index is 0.336. The predicted octanol–water partition coefficient (Wildman–Crippen LogP) is 3.27. The van der Waals surface area contributed by atoms with Crippen molar-refractivity contribution in [1.82, 2.24) is 15.1 Å². The van der Waals surface area contributed by atoms with E-state index in [2.05, 4.69) is 34.2 Å². The van der Waals surface area contributed by atoms with E-state index >= 15 is 0 Å². The molecule has 4 nitrogen and oxygen atoms in total. The van der Waals surface area contributed by atoms with Crippen molar-refractivity contribution in [3.8, 4) is 5.75 Å². The average molecular weight is 285 g/mol. The van der Waals surface area contributed by atoms with Crippen LogP contribution >= 0.6 is 0 Å². The number of hydrogen-bond donors (Lipinski definition) is 1. The molecule has 112 valence electrons. The Labute approximate surface area is 125 Å². The number of aromatic nitrogens is 2. The lowest BCUT2D eigenvalue weighted by molar-refractivity contribution is 0.0356. The molecular weight excluding hydrogens is 262 g/mol. The van der Waals surface area contributed by atoms with Gasteiger partial charge in [-0.3, -0.25) is 10.00 Å². The first-order chi connectivity index (χ1) is 10.3. The summed E-state index contributed by atoms with van der Waals surface area (Å²) in [7, 11) is 0. The van der Waals surface area contributed by atoms with E-state index in [0.717, 1.165) is 23.9 Å². The molecule has 1 N–H and O–H groups in total. The highest BCUT2D eigenvalue weighted by molar-refractivity contribution is 5.83. The van der Waals surface area contributed by atoms with Crippen LogP contribution in [0.4, 0.5) is 0 Å². The molecular formula is C17H23N3O. The van der Waals surface area contributed by atoms with Crippen molar-refractivity contribution in [3.05, 3.63) is 23.9 Å². The maximum absolute atomic E-state index is 6.33. The number of fused-ring (bicyclic) bond motifs is 1. The monoisotopic (exact) mass is 285 g/mol. The number of H-pyrrole nitrogens is 1. The van der Waals surface area contributed by atoms with Gasteiger partial charge in [0.25, 0.3) is 0 Å². The first-order valence-corrected chi connectivity index (χ1v) is 8.14. The highest BCUT2D eigenvalue weighted by Crippen LogP contribution is 2.31.